The summed E-state index contributed by atoms with van der Waals surface area (Å²) in [5, 5.41) is 22.9. The van der Waals surface area contributed by atoms with Crippen LogP contribution in [0.15, 0.2) is 0 Å². The molecule has 6 nitrogen and oxygen atoms in total. The summed E-state index contributed by atoms with van der Waals surface area (Å²) >= 11 is 0. The molecule has 4 aliphatic rings. The number of esters is 1. The van der Waals surface area contributed by atoms with Crippen molar-refractivity contribution in [1.82, 2.24) is 0 Å². The molecule has 0 spiro atoms. The van der Waals surface area contributed by atoms with E-state index in [1.54, 1.807) is 0 Å². The van der Waals surface area contributed by atoms with Crippen LogP contribution < -0.4 is 0 Å². The second-order valence-corrected chi connectivity index (χ2v) is 11.2. The van der Waals surface area contributed by atoms with Gasteiger partial charge in [-0.25, -0.2) is 0 Å². The molecule has 6 heteroatoms. The first kappa shape index (κ1) is 21.9. The van der Waals surface area contributed by atoms with Crippen molar-refractivity contribution in [2.24, 2.45) is 40.4 Å². The van der Waals surface area contributed by atoms with Gasteiger partial charge in [-0.3, -0.25) is 14.4 Å². The van der Waals surface area contributed by atoms with E-state index in [-0.39, 0.29) is 23.2 Å². The Morgan fingerprint density at radius 2 is 1.90 bits per heavy atom. The number of fused-ring (bicyclic) bond motifs is 5. The molecule has 168 valence electrons. The third kappa shape index (κ3) is 2.93. The molecule has 9 atom stereocenters. The molecule has 0 aromatic carbocycles. The molecular formula is C24H36O6. The van der Waals surface area contributed by atoms with E-state index >= 15 is 0 Å². The minimum absolute atomic E-state index is 0.0839. The standard InChI is InChI=1S/C24H36O6/c1-13-9-16-17-6-8-24(29,20(28)12-30-14(2)25)23(17,4)11-19(27)21(16)22(3)7-5-15(26)10-18(13)22/h13,16-19,21,27,29H,5-12H2,1-4H3/t13-,16-,17-,18+,19-,21+,22-,23-,24-/m0/s1. The summed E-state index contributed by atoms with van der Waals surface area (Å²) < 4.78 is 4.91. The Hall–Kier alpha value is -1.27. The molecule has 30 heavy (non-hydrogen) atoms. The van der Waals surface area contributed by atoms with Crippen molar-refractivity contribution in [3.8, 4) is 0 Å². The second kappa shape index (κ2) is 7.13. The van der Waals surface area contributed by atoms with Gasteiger partial charge in [-0.05, 0) is 67.1 Å². The highest BCUT2D eigenvalue weighted by Crippen LogP contribution is 2.69. The topological polar surface area (TPSA) is 101 Å². The molecule has 0 aliphatic heterocycles. The zero-order valence-electron chi connectivity index (χ0n) is 18.6. The van der Waals surface area contributed by atoms with E-state index in [0.29, 0.717) is 43.3 Å². The molecule has 0 aromatic heterocycles. The third-order valence-corrected chi connectivity index (χ3v) is 9.80. The predicted octanol–water partition coefficient (Wildman–Crippen LogP) is 2.68. The van der Waals surface area contributed by atoms with Gasteiger partial charge in [0.1, 0.15) is 11.4 Å². The Kier molecular flexibility index (Phi) is 5.21. The molecule has 4 fully saturated rings. The maximum atomic E-state index is 12.9. The smallest absolute Gasteiger partial charge is 0.303 e. The van der Waals surface area contributed by atoms with Crippen LogP contribution in [0.3, 0.4) is 0 Å². The largest absolute Gasteiger partial charge is 0.458 e. The predicted molar refractivity (Wildman–Crippen MR) is 109 cm³/mol. The number of carbonyl (C=O) groups excluding carboxylic acids is 3. The monoisotopic (exact) mass is 420 g/mol. The molecule has 2 N–H and O–H groups in total. The van der Waals surface area contributed by atoms with E-state index in [1.807, 2.05) is 6.92 Å². The van der Waals surface area contributed by atoms with Gasteiger partial charge >= 0.3 is 5.97 Å². The summed E-state index contributed by atoms with van der Waals surface area (Å²) in [4.78, 5) is 36.3. The van der Waals surface area contributed by atoms with Gasteiger partial charge in [-0.15, -0.1) is 0 Å². The molecular weight excluding hydrogens is 384 g/mol. The molecule has 4 aliphatic carbocycles. The Labute approximate surface area is 178 Å². The van der Waals surface area contributed by atoms with Crippen molar-refractivity contribution in [2.75, 3.05) is 6.61 Å². The van der Waals surface area contributed by atoms with Gasteiger partial charge < -0.3 is 14.9 Å². The van der Waals surface area contributed by atoms with Crippen molar-refractivity contribution in [3.63, 3.8) is 0 Å². The van der Waals surface area contributed by atoms with Crippen LogP contribution in [0.5, 0.6) is 0 Å². The summed E-state index contributed by atoms with van der Waals surface area (Å²) in [5.41, 5.74) is -2.40. The van der Waals surface area contributed by atoms with Crippen LogP contribution in [0.2, 0.25) is 0 Å². The Bertz CT molecular complexity index is 763. The highest BCUT2D eigenvalue weighted by molar-refractivity contribution is 5.91. The van der Waals surface area contributed by atoms with Gasteiger partial charge in [0.25, 0.3) is 0 Å². The van der Waals surface area contributed by atoms with Crippen LogP contribution in [-0.2, 0) is 19.1 Å². The molecule has 0 heterocycles. The Balaban J connectivity index is 1.66. The molecule has 0 amide bonds. The van der Waals surface area contributed by atoms with Gasteiger partial charge in [-0.2, -0.15) is 0 Å². The second-order valence-electron chi connectivity index (χ2n) is 11.2. The van der Waals surface area contributed by atoms with Gasteiger partial charge in [0.15, 0.2) is 6.61 Å². The van der Waals surface area contributed by atoms with Gasteiger partial charge in [0.2, 0.25) is 5.78 Å². The van der Waals surface area contributed by atoms with Gasteiger partial charge in [-0.1, -0.05) is 20.8 Å². The average Bonchev–Trinajstić information content (AvgIpc) is 2.93. The lowest BCUT2D eigenvalue weighted by Crippen LogP contribution is -2.64. The maximum Gasteiger partial charge on any atom is 0.303 e. The van der Waals surface area contributed by atoms with E-state index < -0.39 is 35.5 Å². The van der Waals surface area contributed by atoms with Crippen molar-refractivity contribution >= 4 is 17.5 Å². The maximum absolute atomic E-state index is 12.9. The van der Waals surface area contributed by atoms with Crippen molar-refractivity contribution in [3.05, 3.63) is 0 Å². The zero-order chi connectivity index (χ0) is 22.1. The fraction of sp³-hybridized carbons (Fsp3) is 0.875. The lowest BCUT2D eigenvalue weighted by atomic mass is 9.42. The van der Waals surface area contributed by atoms with Crippen molar-refractivity contribution in [2.45, 2.75) is 84.3 Å². The zero-order valence-corrected chi connectivity index (χ0v) is 18.6. The van der Waals surface area contributed by atoms with Crippen LogP contribution in [0.1, 0.15) is 72.6 Å². The quantitative estimate of drug-likeness (QED) is 0.681. The van der Waals surface area contributed by atoms with Gasteiger partial charge in [0, 0.05) is 25.2 Å². The highest BCUT2D eigenvalue weighted by atomic mass is 16.5. The number of Topliss-reactive ketones (excluding diaryl/α,β-unsaturated/α-hetero) is 2. The number of aliphatic hydroxyl groups excluding tert-OH is 1. The molecule has 4 rings (SSSR count). The molecule has 0 unspecified atom stereocenters. The number of ether oxygens (including phenoxy) is 1. The van der Waals surface area contributed by atoms with Crippen LogP contribution in [0.25, 0.3) is 0 Å². The number of carbonyl (C=O) groups is 3. The molecule has 0 saturated heterocycles. The summed E-state index contributed by atoms with van der Waals surface area (Å²) in [6, 6.07) is 0. The molecule has 0 radical (unpaired) electrons. The van der Waals surface area contributed by atoms with Crippen molar-refractivity contribution < 1.29 is 29.3 Å². The third-order valence-electron chi connectivity index (χ3n) is 9.80. The first-order chi connectivity index (χ1) is 13.9. The summed E-state index contributed by atoms with van der Waals surface area (Å²) in [6.45, 7) is 7.26. The number of aliphatic hydroxyl groups is 2. The minimum atomic E-state index is -1.58. The summed E-state index contributed by atoms with van der Waals surface area (Å²) in [6.07, 6.45) is 3.77. The molecule has 0 bridgehead atoms. The minimum Gasteiger partial charge on any atom is -0.458 e. The van der Waals surface area contributed by atoms with Crippen molar-refractivity contribution in [1.29, 1.82) is 0 Å². The lowest BCUT2D eigenvalue weighted by Gasteiger charge is -2.63. The first-order valence-corrected chi connectivity index (χ1v) is 11.5. The molecule has 4 saturated carbocycles. The fourth-order valence-corrected chi connectivity index (χ4v) is 8.40. The first-order valence-electron chi connectivity index (χ1n) is 11.5. The van der Waals surface area contributed by atoms with Crippen LogP contribution in [-0.4, -0.2) is 46.1 Å². The number of hydrogen-bond donors (Lipinski definition) is 2. The number of rotatable bonds is 3. The SMILES string of the molecule is CC(=O)OCC(=O)[C@@]1(O)CC[C@H]2[C@@H]3C[C@H](C)[C@H]4CC(=O)CC[C@]4(C)[C@H]3[C@@H](O)C[C@@]21C. The van der Waals surface area contributed by atoms with E-state index in [1.165, 1.54) is 6.92 Å². The summed E-state index contributed by atoms with van der Waals surface area (Å²) in [7, 11) is 0. The molecule has 0 aromatic rings. The normalized spacial score (nSPS) is 50.3. The Morgan fingerprint density at radius 3 is 2.57 bits per heavy atom. The number of ketones is 2. The average molecular weight is 421 g/mol. The summed E-state index contributed by atoms with van der Waals surface area (Å²) in [5.74, 6) is 0.464. The van der Waals surface area contributed by atoms with Crippen LogP contribution in [0.4, 0.5) is 0 Å². The van der Waals surface area contributed by atoms with E-state index in [4.69, 9.17) is 4.74 Å². The Morgan fingerprint density at radius 1 is 1.20 bits per heavy atom. The lowest BCUT2D eigenvalue weighted by molar-refractivity contribution is -0.207. The van der Waals surface area contributed by atoms with Crippen LogP contribution in [0, 0.1) is 40.4 Å². The fourth-order valence-electron chi connectivity index (χ4n) is 8.40. The number of hydrogen-bond acceptors (Lipinski definition) is 6. The van der Waals surface area contributed by atoms with Gasteiger partial charge in [0.05, 0.1) is 6.10 Å². The van der Waals surface area contributed by atoms with E-state index in [2.05, 4.69) is 13.8 Å². The van der Waals surface area contributed by atoms with E-state index in [9.17, 15) is 24.6 Å². The van der Waals surface area contributed by atoms with E-state index in [0.717, 1.165) is 19.3 Å². The van der Waals surface area contributed by atoms with Crippen LogP contribution >= 0.6 is 0 Å². The highest BCUT2D eigenvalue weighted by Gasteiger charge is 2.69.